The molecule has 1 aliphatic rings. The highest BCUT2D eigenvalue weighted by Crippen LogP contribution is 2.38. The van der Waals surface area contributed by atoms with E-state index >= 15 is 0 Å². The van der Waals surface area contributed by atoms with E-state index in [0.29, 0.717) is 11.8 Å². The molecule has 0 radical (unpaired) electrons. The van der Waals surface area contributed by atoms with Crippen LogP contribution >= 0.6 is 0 Å². The summed E-state index contributed by atoms with van der Waals surface area (Å²) in [7, 11) is 0. The van der Waals surface area contributed by atoms with E-state index in [0.717, 1.165) is 56.1 Å². The molecule has 0 aromatic heterocycles. The largest absolute Gasteiger partial charge is 0.573 e. The minimum Gasteiger partial charge on any atom is -0.406 e. The van der Waals surface area contributed by atoms with Crippen molar-refractivity contribution in [3.05, 3.63) is 54.1 Å². The summed E-state index contributed by atoms with van der Waals surface area (Å²) in [5, 5.41) is 10.0. The number of ether oxygens (including phenoxy) is 1. The van der Waals surface area contributed by atoms with Crippen molar-refractivity contribution in [1.29, 1.82) is 0 Å². The van der Waals surface area contributed by atoms with E-state index in [1.54, 1.807) is 12.1 Å². The highest BCUT2D eigenvalue weighted by Gasteiger charge is 2.31. The maximum absolute atomic E-state index is 12.3. The summed E-state index contributed by atoms with van der Waals surface area (Å²) in [6, 6.07) is 14.3. The van der Waals surface area contributed by atoms with Crippen LogP contribution in [-0.4, -0.2) is 17.6 Å². The number of rotatable bonds is 7. The van der Waals surface area contributed by atoms with Crippen molar-refractivity contribution in [2.24, 2.45) is 5.92 Å². The molecule has 0 amide bonds. The van der Waals surface area contributed by atoms with E-state index in [2.05, 4.69) is 23.8 Å². The van der Waals surface area contributed by atoms with Gasteiger partial charge in [-0.15, -0.1) is 13.2 Å². The molecule has 1 N–H and O–H groups in total. The molecule has 5 heteroatoms. The Labute approximate surface area is 170 Å². The molecule has 1 atom stereocenters. The first-order chi connectivity index (χ1) is 13.8. The van der Waals surface area contributed by atoms with E-state index in [1.165, 1.54) is 17.7 Å². The Morgan fingerprint density at radius 3 is 2.00 bits per heavy atom. The van der Waals surface area contributed by atoms with Crippen LogP contribution in [0.5, 0.6) is 5.75 Å². The zero-order chi connectivity index (χ0) is 20.9. The fourth-order valence-electron chi connectivity index (χ4n) is 4.36. The monoisotopic (exact) mass is 406 g/mol. The first-order valence-corrected chi connectivity index (χ1v) is 10.5. The third-order valence-corrected chi connectivity index (χ3v) is 5.88. The molecule has 0 saturated heterocycles. The second-order valence-electron chi connectivity index (χ2n) is 8.09. The zero-order valence-corrected chi connectivity index (χ0v) is 16.8. The van der Waals surface area contributed by atoms with Gasteiger partial charge in [0.15, 0.2) is 0 Å². The summed E-state index contributed by atoms with van der Waals surface area (Å²) in [5.74, 6) is 0.967. The lowest BCUT2D eigenvalue weighted by atomic mass is 9.76. The van der Waals surface area contributed by atoms with E-state index in [4.69, 9.17) is 0 Å². The van der Waals surface area contributed by atoms with Gasteiger partial charge in [0.1, 0.15) is 5.75 Å². The third kappa shape index (κ3) is 6.49. The zero-order valence-electron chi connectivity index (χ0n) is 16.8. The minimum absolute atomic E-state index is 0.159. The van der Waals surface area contributed by atoms with Crippen molar-refractivity contribution in [1.82, 2.24) is 0 Å². The van der Waals surface area contributed by atoms with Crippen LogP contribution in [0.15, 0.2) is 48.5 Å². The van der Waals surface area contributed by atoms with Gasteiger partial charge in [0.05, 0.1) is 6.10 Å². The van der Waals surface area contributed by atoms with Crippen molar-refractivity contribution in [3.8, 4) is 16.9 Å². The lowest BCUT2D eigenvalue weighted by Gasteiger charge is -2.30. The molecule has 0 aliphatic heterocycles. The third-order valence-electron chi connectivity index (χ3n) is 5.88. The first-order valence-electron chi connectivity index (χ1n) is 10.5. The number of hydrogen-bond donors (Lipinski definition) is 1. The molecule has 1 aliphatic carbocycles. The van der Waals surface area contributed by atoms with E-state index < -0.39 is 6.36 Å². The van der Waals surface area contributed by atoms with Gasteiger partial charge in [-0.3, -0.25) is 0 Å². The molecule has 3 rings (SSSR count). The molecule has 0 bridgehead atoms. The number of aliphatic hydroxyl groups is 1. The van der Waals surface area contributed by atoms with Gasteiger partial charge in [-0.25, -0.2) is 0 Å². The molecule has 2 aromatic carbocycles. The van der Waals surface area contributed by atoms with Gasteiger partial charge < -0.3 is 9.84 Å². The molecular weight excluding hydrogens is 377 g/mol. The molecule has 1 saturated carbocycles. The molecule has 2 aromatic rings. The molecular formula is C24H29F3O2. The lowest BCUT2D eigenvalue weighted by molar-refractivity contribution is -0.274. The maximum Gasteiger partial charge on any atom is 0.573 e. The van der Waals surface area contributed by atoms with E-state index in [9.17, 15) is 18.3 Å². The summed E-state index contributed by atoms with van der Waals surface area (Å²) < 4.78 is 40.7. The van der Waals surface area contributed by atoms with E-state index in [1.807, 2.05) is 12.1 Å². The van der Waals surface area contributed by atoms with Gasteiger partial charge >= 0.3 is 6.36 Å². The van der Waals surface area contributed by atoms with Gasteiger partial charge in [0.2, 0.25) is 0 Å². The van der Waals surface area contributed by atoms with Crippen LogP contribution < -0.4 is 4.74 Å². The Morgan fingerprint density at radius 2 is 1.48 bits per heavy atom. The highest BCUT2D eigenvalue weighted by atomic mass is 19.4. The van der Waals surface area contributed by atoms with Crippen LogP contribution in [0, 0.1) is 5.92 Å². The average molecular weight is 406 g/mol. The molecule has 1 unspecified atom stereocenters. The van der Waals surface area contributed by atoms with Crippen molar-refractivity contribution in [2.45, 2.75) is 70.3 Å². The van der Waals surface area contributed by atoms with Gasteiger partial charge in [-0.1, -0.05) is 49.7 Å². The quantitative estimate of drug-likeness (QED) is 0.532. The molecule has 0 spiro atoms. The molecule has 29 heavy (non-hydrogen) atoms. The van der Waals surface area contributed by atoms with Gasteiger partial charge in [0, 0.05) is 0 Å². The number of alkyl halides is 3. The van der Waals surface area contributed by atoms with Crippen LogP contribution in [0.2, 0.25) is 0 Å². The predicted octanol–water partition coefficient (Wildman–Crippen LogP) is 7.08. The fourth-order valence-corrected chi connectivity index (χ4v) is 4.36. The fraction of sp³-hybridized carbons (Fsp3) is 0.500. The van der Waals surface area contributed by atoms with Gasteiger partial charge in [0.25, 0.3) is 0 Å². The number of halogens is 3. The van der Waals surface area contributed by atoms with Crippen molar-refractivity contribution >= 4 is 0 Å². The van der Waals surface area contributed by atoms with Crippen LogP contribution in [0.25, 0.3) is 11.1 Å². The number of aliphatic hydroxyl groups excluding tert-OH is 1. The van der Waals surface area contributed by atoms with Crippen LogP contribution in [0.1, 0.15) is 63.4 Å². The predicted molar refractivity (Wildman–Crippen MR) is 109 cm³/mol. The summed E-state index contributed by atoms with van der Waals surface area (Å²) in [5.41, 5.74) is 3.15. The summed E-state index contributed by atoms with van der Waals surface area (Å²) in [6.07, 6.45) is 2.63. The van der Waals surface area contributed by atoms with Crippen LogP contribution in [-0.2, 0) is 0 Å². The number of hydrogen-bond acceptors (Lipinski definition) is 2. The number of benzene rings is 2. The Kier molecular flexibility index (Phi) is 7.23. The topological polar surface area (TPSA) is 29.5 Å². The normalized spacial score (nSPS) is 21.0. The van der Waals surface area contributed by atoms with Crippen LogP contribution in [0.3, 0.4) is 0 Å². The second kappa shape index (κ2) is 9.66. The summed E-state index contributed by atoms with van der Waals surface area (Å²) in [6.45, 7) is 2.11. The Hall–Kier alpha value is -2.01. The van der Waals surface area contributed by atoms with Crippen molar-refractivity contribution in [2.75, 3.05) is 0 Å². The van der Waals surface area contributed by atoms with Gasteiger partial charge in [-0.05, 0) is 79.2 Å². The Balaban J connectivity index is 1.55. The standard InChI is InChI=1S/C24H29F3O2/c1-2-3-22(28)16-17-4-6-18(7-5-17)19-8-10-20(11-9-19)21-12-14-23(15-13-21)29-24(25,26)27/h8-15,17-18,22,28H,2-7,16H2,1H3. The van der Waals surface area contributed by atoms with Crippen molar-refractivity contribution in [3.63, 3.8) is 0 Å². The van der Waals surface area contributed by atoms with Crippen LogP contribution in [0.4, 0.5) is 13.2 Å². The maximum atomic E-state index is 12.3. The Bertz CT molecular complexity index is 745. The SMILES string of the molecule is CCCC(O)CC1CCC(c2ccc(-c3ccc(OC(F)(F)F)cc3)cc2)CC1. The van der Waals surface area contributed by atoms with Crippen molar-refractivity contribution < 1.29 is 23.0 Å². The summed E-state index contributed by atoms with van der Waals surface area (Å²) >= 11 is 0. The van der Waals surface area contributed by atoms with E-state index in [-0.39, 0.29) is 11.9 Å². The molecule has 158 valence electrons. The molecule has 1 fully saturated rings. The second-order valence-corrected chi connectivity index (χ2v) is 8.09. The van der Waals surface area contributed by atoms with Gasteiger partial charge in [-0.2, -0.15) is 0 Å². The minimum atomic E-state index is -4.67. The summed E-state index contributed by atoms with van der Waals surface area (Å²) in [4.78, 5) is 0. The Morgan fingerprint density at radius 1 is 0.931 bits per heavy atom. The average Bonchev–Trinajstić information content (AvgIpc) is 2.68. The lowest BCUT2D eigenvalue weighted by Crippen LogP contribution is -2.19. The molecule has 0 heterocycles. The first kappa shape index (κ1) is 21.7. The smallest absolute Gasteiger partial charge is 0.406 e. The molecule has 2 nitrogen and oxygen atoms in total. The highest BCUT2D eigenvalue weighted by molar-refractivity contribution is 5.64.